The number of carbonyl (C=O) groups excluding carboxylic acids is 2. The van der Waals surface area contributed by atoms with Gasteiger partial charge in [-0.05, 0) is 139 Å². The summed E-state index contributed by atoms with van der Waals surface area (Å²) in [6.45, 7) is 2.68. The lowest BCUT2D eigenvalue weighted by Gasteiger charge is -2.56. The molecule has 6 aliphatic rings. The van der Waals surface area contributed by atoms with E-state index in [4.69, 9.17) is 9.47 Å². The summed E-state index contributed by atoms with van der Waals surface area (Å²) in [5.74, 6) is 0.0219. The van der Waals surface area contributed by atoms with Crippen LogP contribution in [0.15, 0.2) is 113 Å². The summed E-state index contributed by atoms with van der Waals surface area (Å²) in [5, 5.41) is 34.2. The second-order valence-corrected chi connectivity index (χ2v) is 15.8. The Labute approximate surface area is 316 Å². The number of phenolic OH excluding ortho intramolecular Hbond substituents is 1. The molecule has 8 heteroatoms. The van der Waals surface area contributed by atoms with E-state index in [1.165, 1.54) is 0 Å². The Kier molecular flexibility index (Phi) is 9.94. The number of allylic oxidation sites excluding steroid dienone is 5. The van der Waals surface area contributed by atoms with E-state index < -0.39 is 11.4 Å². The topological polar surface area (TPSA) is 125 Å². The number of aromatic hydroxyl groups is 1. The fourth-order valence-electron chi connectivity index (χ4n) is 10.2. The minimum atomic E-state index is -0.930. The molecular weight excluding hydrogens is 679 g/mol. The van der Waals surface area contributed by atoms with Gasteiger partial charge in [-0.1, -0.05) is 61.5 Å². The number of ether oxygens (including phenoxy) is 2. The summed E-state index contributed by atoms with van der Waals surface area (Å²) in [6, 6.07) is 23.9. The van der Waals surface area contributed by atoms with E-state index in [1.807, 2.05) is 50.4 Å². The zero-order valence-electron chi connectivity index (χ0n) is 31.0. The van der Waals surface area contributed by atoms with Crippen LogP contribution in [0.25, 0.3) is 16.7 Å². The molecule has 0 unspecified atom stereocenters. The molecule has 9 rings (SSSR count). The fourth-order valence-corrected chi connectivity index (χ4v) is 10.2. The van der Waals surface area contributed by atoms with Crippen LogP contribution >= 0.6 is 0 Å². The van der Waals surface area contributed by atoms with Gasteiger partial charge in [-0.2, -0.15) is 0 Å². The van der Waals surface area contributed by atoms with Crippen molar-refractivity contribution in [2.75, 3.05) is 20.3 Å². The molecule has 0 amide bonds. The first-order chi connectivity index (χ1) is 26.3. The van der Waals surface area contributed by atoms with Crippen LogP contribution in [0.2, 0.25) is 0 Å². The third kappa shape index (κ3) is 6.14. The molecule has 280 valence electrons. The van der Waals surface area contributed by atoms with Crippen LogP contribution in [0.3, 0.4) is 0 Å². The highest BCUT2D eigenvalue weighted by atomic mass is 16.5. The lowest BCUT2D eigenvalue weighted by molar-refractivity contribution is -0.135. The van der Waals surface area contributed by atoms with Crippen LogP contribution in [-0.4, -0.2) is 47.5 Å². The number of carbonyl (C=O) groups is 2. The standard InChI is InChI=1S/C46H49NO7/c1-27(26-49)11-16-38-36-15-14-35-34-17-19-46(42(35)41(36)44(51)53-38)39(23-29(18-20-48)21-28-7-4-3-5-8-28)54-45(52)43(46)40(34)37-24-32(50)12-13-33(37)31-10-6-9-30(22-31)25-47-2/h3-10,12-13,16,22-24,27,29,34-35,42,47-50H,11,14-15,17-21,25-26H2,1-2H3/t27-,29+,34-,35-,42-,46-/m0/s1. The number of benzene rings is 3. The van der Waals surface area contributed by atoms with E-state index in [1.54, 1.807) is 12.1 Å². The molecule has 3 aromatic carbocycles. The Morgan fingerprint density at radius 2 is 1.74 bits per heavy atom. The van der Waals surface area contributed by atoms with Gasteiger partial charge in [0.1, 0.15) is 17.3 Å². The van der Waals surface area contributed by atoms with Crippen molar-refractivity contribution < 1.29 is 34.4 Å². The normalized spacial score (nSPS) is 26.9. The number of cyclic esters (lactones) is 2. The van der Waals surface area contributed by atoms with Gasteiger partial charge in [-0.25, -0.2) is 9.59 Å². The molecule has 1 saturated carbocycles. The van der Waals surface area contributed by atoms with Crippen molar-refractivity contribution in [2.24, 2.45) is 35.0 Å². The molecule has 2 bridgehead atoms. The highest BCUT2D eigenvalue weighted by molar-refractivity contribution is 6.07. The molecule has 0 aromatic heterocycles. The molecule has 54 heavy (non-hydrogen) atoms. The summed E-state index contributed by atoms with van der Waals surface area (Å²) in [4.78, 5) is 28.8. The number of nitrogens with one attached hydrogen (secondary N) is 1. The summed E-state index contributed by atoms with van der Waals surface area (Å²) in [7, 11) is 1.92. The van der Waals surface area contributed by atoms with E-state index in [2.05, 4.69) is 41.7 Å². The van der Waals surface area contributed by atoms with Crippen LogP contribution in [0.4, 0.5) is 0 Å². The highest BCUT2D eigenvalue weighted by Crippen LogP contribution is 2.72. The van der Waals surface area contributed by atoms with E-state index in [-0.39, 0.29) is 54.5 Å². The Hall–Kier alpha value is -4.76. The van der Waals surface area contributed by atoms with Gasteiger partial charge in [-0.3, -0.25) is 0 Å². The molecule has 3 aromatic rings. The summed E-state index contributed by atoms with van der Waals surface area (Å²) in [5.41, 5.74) is 7.10. The zero-order valence-corrected chi connectivity index (χ0v) is 31.0. The second kappa shape index (κ2) is 14.8. The molecule has 6 atom stereocenters. The first kappa shape index (κ1) is 36.2. The molecular formula is C46H49NO7. The molecule has 2 heterocycles. The van der Waals surface area contributed by atoms with Crippen molar-refractivity contribution in [2.45, 2.75) is 58.4 Å². The predicted molar refractivity (Wildman–Crippen MR) is 206 cm³/mol. The molecule has 1 saturated heterocycles. The Morgan fingerprint density at radius 1 is 0.926 bits per heavy atom. The average molecular weight is 728 g/mol. The van der Waals surface area contributed by atoms with Crippen LogP contribution < -0.4 is 5.32 Å². The van der Waals surface area contributed by atoms with E-state index in [9.17, 15) is 24.9 Å². The van der Waals surface area contributed by atoms with Crippen LogP contribution in [-0.2, 0) is 32.0 Å². The van der Waals surface area contributed by atoms with Gasteiger partial charge in [0, 0.05) is 36.8 Å². The highest BCUT2D eigenvalue weighted by Gasteiger charge is 2.68. The van der Waals surface area contributed by atoms with Crippen LogP contribution in [0.5, 0.6) is 5.75 Å². The van der Waals surface area contributed by atoms with Crippen molar-refractivity contribution in [3.63, 3.8) is 0 Å². The molecule has 2 aliphatic heterocycles. The number of rotatable bonds is 12. The first-order valence-corrected chi connectivity index (χ1v) is 19.4. The lowest BCUT2D eigenvalue weighted by atomic mass is 9.44. The smallest absolute Gasteiger partial charge is 0.340 e. The van der Waals surface area contributed by atoms with Gasteiger partial charge < -0.3 is 30.1 Å². The molecule has 2 fully saturated rings. The largest absolute Gasteiger partial charge is 0.508 e. The number of hydrogen-bond donors (Lipinski definition) is 4. The number of fused-ring (bicyclic) bond motifs is 1. The number of phenols is 1. The minimum Gasteiger partial charge on any atom is -0.508 e. The minimum absolute atomic E-state index is 0.0219. The van der Waals surface area contributed by atoms with Crippen molar-refractivity contribution in [1.29, 1.82) is 0 Å². The zero-order chi connectivity index (χ0) is 37.6. The SMILES string of the molecule is CNCc1cccc(-c2ccc(O)cc2C2=C3C(=O)OC(=C[C@H](CCO)Cc4ccccc4)[C@]34CC[C@H]2[C@@H]2CCC3=C(C(=O)OC3=CC[C@H](C)CO)[C@H]24)c1. The lowest BCUT2D eigenvalue weighted by Crippen LogP contribution is -2.52. The van der Waals surface area contributed by atoms with Gasteiger partial charge in [0.2, 0.25) is 0 Å². The molecule has 8 nitrogen and oxygen atoms in total. The average Bonchev–Trinajstić information content (AvgIpc) is 3.66. The number of aliphatic hydroxyl groups excluding tert-OH is 2. The Morgan fingerprint density at radius 3 is 2.52 bits per heavy atom. The first-order valence-electron chi connectivity index (χ1n) is 19.4. The molecule has 1 spiro atoms. The summed E-state index contributed by atoms with van der Waals surface area (Å²) in [6.07, 6.45) is 8.62. The van der Waals surface area contributed by atoms with Crippen molar-refractivity contribution in [3.8, 4) is 16.9 Å². The van der Waals surface area contributed by atoms with E-state index in [0.29, 0.717) is 61.3 Å². The van der Waals surface area contributed by atoms with E-state index in [0.717, 1.165) is 51.8 Å². The van der Waals surface area contributed by atoms with Gasteiger partial charge in [0.15, 0.2) is 0 Å². The molecule has 4 aliphatic carbocycles. The third-order valence-corrected chi connectivity index (χ3v) is 12.5. The van der Waals surface area contributed by atoms with Gasteiger partial charge in [0.05, 0.1) is 11.0 Å². The number of esters is 2. The quantitative estimate of drug-likeness (QED) is 0.142. The Bertz CT molecular complexity index is 2090. The molecule has 4 N–H and O–H groups in total. The van der Waals surface area contributed by atoms with Crippen molar-refractivity contribution in [1.82, 2.24) is 5.32 Å². The maximum absolute atomic E-state index is 14.7. The van der Waals surface area contributed by atoms with Crippen LogP contribution in [0, 0.1) is 35.0 Å². The summed E-state index contributed by atoms with van der Waals surface area (Å²) >= 11 is 0. The number of hydrogen-bond acceptors (Lipinski definition) is 8. The van der Waals surface area contributed by atoms with Crippen molar-refractivity contribution >= 4 is 17.5 Å². The van der Waals surface area contributed by atoms with Crippen LogP contribution in [0.1, 0.15) is 62.1 Å². The monoisotopic (exact) mass is 727 g/mol. The predicted octanol–water partition coefficient (Wildman–Crippen LogP) is 7.41. The van der Waals surface area contributed by atoms with E-state index >= 15 is 0 Å². The number of aliphatic hydroxyl groups is 2. The van der Waals surface area contributed by atoms with Crippen molar-refractivity contribution in [3.05, 3.63) is 130 Å². The third-order valence-electron chi connectivity index (χ3n) is 12.5. The van der Waals surface area contributed by atoms with Gasteiger partial charge >= 0.3 is 11.9 Å². The molecule has 0 radical (unpaired) electrons. The van der Waals surface area contributed by atoms with Gasteiger partial charge in [0.25, 0.3) is 0 Å². The fraction of sp³-hybridized carbons (Fsp3) is 0.391. The second-order valence-electron chi connectivity index (χ2n) is 15.8. The van der Waals surface area contributed by atoms with Gasteiger partial charge in [-0.15, -0.1) is 0 Å². The summed E-state index contributed by atoms with van der Waals surface area (Å²) < 4.78 is 12.5. The maximum Gasteiger partial charge on any atom is 0.340 e. The Balaban J connectivity index is 1.35. The maximum atomic E-state index is 14.7.